The van der Waals surface area contributed by atoms with E-state index in [-0.39, 0.29) is 24.5 Å². The molecule has 1 rings (SSSR count). The van der Waals surface area contributed by atoms with Crippen molar-refractivity contribution in [2.24, 2.45) is 0 Å². The number of nitrogens with one attached hydrogen (secondary N) is 1. The van der Waals surface area contributed by atoms with Gasteiger partial charge in [-0.25, -0.2) is 4.98 Å². The molecule has 0 fully saturated rings. The number of rotatable bonds is 5. The molecular weight excluding hydrogens is 329 g/mol. The van der Waals surface area contributed by atoms with E-state index in [1.807, 2.05) is 13.8 Å². The zero-order valence-corrected chi connectivity index (χ0v) is 12.1. The van der Waals surface area contributed by atoms with Gasteiger partial charge < -0.3 is 9.72 Å². The van der Waals surface area contributed by atoms with Crippen LogP contribution in [0.3, 0.4) is 0 Å². The van der Waals surface area contributed by atoms with Gasteiger partial charge in [0.1, 0.15) is 16.9 Å². The second-order valence-corrected chi connectivity index (χ2v) is 5.08. The monoisotopic (exact) mass is 342 g/mol. The molecule has 0 aliphatic rings. The van der Waals surface area contributed by atoms with Crippen LogP contribution < -0.4 is 5.56 Å². The van der Waals surface area contributed by atoms with Crippen LogP contribution in [0.1, 0.15) is 31.3 Å². The molecule has 0 aliphatic carbocycles. The SMILES string of the molecule is CC(C)c1nc(CCOCC(F)(F)F)[nH]c(=O)c1Br. The van der Waals surface area contributed by atoms with Crippen LogP contribution >= 0.6 is 15.9 Å². The third-order valence-corrected chi connectivity index (χ3v) is 3.00. The van der Waals surface area contributed by atoms with Crippen molar-refractivity contribution in [1.29, 1.82) is 0 Å². The topological polar surface area (TPSA) is 55.0 Å². The van der Waals surface area contributed by atoms with E-state index < -0.39 is 12.8 Å². The maximum absolute atomic E-state index is 11.9. The average molecular weight is 343 g/mol. The minimum atomic E-state index is -4.34. The van der Waals surface area contributed by atoms with Crippen molar-refractivity contribution in [1.82, 2.24) is 9.97 Å². The average Bonchev–Trinajstić information content (AvgIpc) is 2.27. The summed E-state index contributed by atoms with van der Waals surface area (Å²) in [6.45, 7) is 2.29. The van der Waals surface area contributed by atoms with Crippen LogP contribution in [0.25, 0.3) is 0 Å². The zero-order chi connectivity index (χ0) is 14.6. The van der Waals surface area contributed by atoms with E-state index in [4.69, 9.17) is 0 Å². The van der Waals surface area contributed by atoms with Crippen molar-refractivity contribution in [3.63, 3.8) is 0 Å². The molecule has 1 N–H and O–H groups in total. The molecule has 19 heavy (non-hydrogen) atoms. The largest absolute Gasteiger partial charge is 0.411 e. The lowest BCUT2D eigenvalue weighted by atomic mass is 10.1. The summed E-state index contributed by atoms with van der Waals surface area (Å²) in [5.41, 5.74) is 0.235. The number of ether oxygens (including phenoxy) is 1. The Kier molecular flexibility index (Phi) is 5.54. The molecule has 0 spiro atoms. The first-order valence-corrected chi connectivity index (χ1v) is 6.43. The maximum atomic E-state index is 11.9. The van der Waals surface area contributed by atoms with Crippen LogP contribution in [0.4, 0.5) is 13.2 Å². The second kappa shape index (κ2) is 6.51. The van der Waals surface area contributed by atoms with Crippen LogP contribution in [0.2, 0.25) is 0 Å². The number of H-pyrrole nitrogens is 1. The molecule has 0 aliphatic heterocycles. The summed E-state index contributed by atoms with van der Waals surface area (Å²) >= 11 is 3.14. The molecule has 1 aromatic rings. The lowest BCUT2D eigenvalue weighted by Gasteiger charge is -2.10. The Balaban J connectivity index is 2.67. The van der Waals surface area contributed by atoms with Crippen LogP contribution in [0.5, 0.6) is 0 Å². The van der Waals surface area contributed by atoms with E-state index in [0.29, 0.717) is 16.0 Å². The first-order chi connectivity index (χ1) is 8.70. The summed E-state index contributed by atoms with van der Waals surface area (Å²) in [5.74, 6) is 0.352. The molecule has 108 valence electrons. The van der Waals surface area contributed by atoms with Gasteiger partial charge in [-0.05, 0) is 21.8 Å². The number of alkyl halides is 3. The molecule has 8 heteroatoms. The Morgan fingerprint density at radius 3 is 2.58 bits per heavy atom. The number of nitrogens with zero attached hydrogens (tertiary/aromatic N) is 1. The van der Waals surface area contributed by atoms with E-state index >= 15 is 0 Å². The Hall–Kier alpha value is -0.890. The number of halogens is 4. The minimum Gasteiger partial charge on any atom is -0.372 e. The molecule has 0 saturated carbocycles. The van der Waals surface area contributed by atoms with Gasteiger partial charge >= 0.3 is 6.18 Å². The molecular formula is C11H14BrF3N2O2. The number of aromatic amines is 1. The summed E-state index contributed by atoms with van der Waals surface area (Å²) < 4.78 is 40.4. The molecule has 1 aromatic heterocycles. The predicted molar refractivity (Wildman–Crippen MR) is 67.2 cm³/mol. The van der Waals surface area contributed by atoms with E-state index in [9.17, 15) is 18.0 Å². The highest BCUT2D eigenvalue weighted by Crippen LogP contribution is 2.19. The normalized spacial score (nSPS) is 12.2. The predicted octanol–water partition coefficient (Wildman–Crippen LogP) is 2.78. The Bertz CT molecular complexity index is 486. The van der Waals surface area contributed by atoms with E-state index in [1.54, 1.807) is 0 Å². The summed E-state index contributed by atoms with van der Waals surface area (Å²) in [4.78, 5) is 18.3. The van der Waals surface area contributed by atoms with Crippen LogP contribution in [-0.4, -0.2) is 29.4 Å². The van der Waals surface area contributed by atoms with Crippen molar-refractivity contribution in [3.05, 3.63) is 26.3 Å². The van der Waals surface area contributed by atoms with Gasteiger partial charge in [0.05, 0.1) is 12.3 Å². The highest BCUT2D eigenvalue weighted by molar-refractivity contribution is 9.10. The van der Waals surface area contributed by atoms with Gasteiger partial charge in [0, 0.05) is 6.42 Å². The molecule has 4 nitrogen and oxygen atoms in total. The van der Waals surface area contributed by atoms with Gasteiger partial charge in [-0.2, -0.15) is 13.2 Å². The first kappa shape index (κ1) is 16.2. The highest BCUT2D eigenvalue weighted by atomic mass is 79.9. The summed E-state index contributed by atoms with van der Waals surface area (Å²) in [6.07, 6.45) is -4.22. The standard InChI is InChI=1S/C11H14BrF3N2O2/c1-6(2)9-8(12)10(18)17-7(16-9)3-4-19-5-11(13,14)15/h6H,3-5H2,1-2H3,(H,16,17,18). The van der Waals surface area contributed by atoms with Crippen LogP contribution in [0, 0.1) is 0 Å². The molecule has 0 unspecified atom stereocenters. The van der Waals surface area contributed by atoms with Crippen molar-refractivity contribution < 1.29 is 17.9 Å². The van der Waals surface area contributed by atoms with Crippen molar-refractivity contribution in [3.8, 4) is 0 Å². The smallest absolute Gasteiger partial charge is 0.372 e. The highest BCUT2D eigenvalue weighted by Gasteiger charge is 2.27. The van der Waals surface area contributed by atoms with Gasteiger partial charge in [-0.3, -0.25) is 4.79 Å². The Labute approximate surface area is 116 Å². The third kappa shape index (κ3) is 5.32. The van der Waals surface area contributed by atoms with Gasteiger partial charge in [-0.1, -0.05) is 13.8 Å². The fraction of sp³-hybridized carbons (Fsp3) is 0.636. The Morgan fingerprint density at radius 1 is 1.42 bits per heavy atom. The molecule has 0 saturated heterocycles. The Morgan fingerprint density at radius 2 is 2.05 bits per heavy atom. The van der Waals surface area contributed by atoms with E-state index in [2.05, 4.69) is 30.6 Å². The lowest BCUT2D eigenvalue weighted by molar-refractivity contribution is -0.173. The zero-order valence-electron chi connectivity index (χ0n) is 10.5. The van der Waals surface area contributed by atoms with Crippen LogP contribution in [-0.2, 0) is 11.2 Å². The summed E-state index contributed by atoms with van der Waals surface area (Å²) in [6, 6.07) is 0. The molecule has 0 aromatic carbocycles. The van der Waals surface area contributed by atoms with Gasteiger partial charge in [0.2, 0.25) is 0 Å². The molecule has 0 atom stereocenters. The molecule has 1 heterocycles. The molecule has 0 radical (unpaired) electrons. The van der Waals surface area contributed by atoms with Crippen molar-refractivity contribution in [2.45, 2.75) is 32.4 Å². The fourth-order valence-corrected chi connectivity index (χ4v) is 2.03. The molecule has 0 amide bonds. The fourth-order valence-electron chi connectivity index (χ4n) is 1.38. The maximum Gasteiger partial charge on any atom is 0.411 e. The number of aromatic nitrogens is 2. The van der Waals surface area contributed by atoms with E-state index in [0.717, 1.165) is 0 Å². The van der Waals surface area contributed by atoms with Gasteiger partial charge in [-0.15, -0.1) is 0 Å². The van der Waals surface area contributed by atoms with E-state index in [1.165, 1.54) is 0 Å². The first-order valence-electron chi connectivity index (χ1n) is 5.64. The summed E-state index contributed by atoms with van der Waals surface area (Å²) in [5, 5.41) is 0. The number of hydrogen-bond donors (Lipinski definition) is 1. The number of hydrogen-bond acceptors (Lipinski definition) is 3. The van der Waals surface area contributed by atoms with Crippen molar-refractivity contribution in [2.75, 3.05) is 13.2 Å². The third-order valence-electron chi connectivity index (χ3n) is 2.23. The van der Waals surface area contributed by atoms with Gasteiger partial charge in [0.25, 0.3) is 5.56 Å². The van der Waals surface area contributed by atoms with Gasteiger partial charge in [0.15, 0.2) is 0 Å². The van der Waals surface area contributed by atoms with Crippen LogP contribution in [0.15, 0.2) is 9.27 Å². The quantitative estimate of drug-likeness (QED) is 0.837. The summed E-state index contributed by atoms with van der Waals surface area (Å²) in [7, 11) is 0. The lowest BCUT2D eigenvalue weighted by Crippen LogP contribution is -2.20. The minimum absolute atomic E-state index is 0.0338. The molecule has 0 bridgehead atoms. The second-order valence-electron chi connectivity index (χ2n) is 4.28. The van der Waals surface area contributed by atoms with Crippen molar-refractivity contribution >= 4 is 15.9 Å².